The van der Waals surface area contributed by atoms with E-state index in [9.17, 15) is 4.79 Å². The molecular weight excluding hydrogens is 282 g/mol. The molecule has 6 nitrogen and oxygen atoms in total. The van der Waals surface area contributed by atoms with Crippen LogP contribution in [0.2, 0.25) is 0 Å². The number of methoxy groups -OCH3 is 1. The Labute approximate surface area is 129 Å². The molecule has 1 atom stereocenters. The van der Waals surface area contributed by atoms with Gasteiger partial charge in [-0.15, -0.1) is 0 Å². The lowest BCUT2D eigenvalue weighted by Crippen LogP contribution is -2.39. The van der Waals surface area contributed by atoms with E-state index in [1.54, 1.807) is 20.1 Å². The van der Waals surface area contributed by atoms with E-state index in [0.717, 1.165) is 11.3 Å². The Morgan fingerprint density at radius 2 is 2.18 bits per heavy atom. The average molecular weight is 303 g/mol. The van der Waals surface area contributed by atoms with E-state index in [-0.39, 0.29) is 11.9 Å². The third-order valence-electron chi connectivity index (χ3n) is 3.34. The fraction of sp³-hybridized carbons (Fsp3) is 0.375. The Balaban J connectivity index is 1.95. The summed E-state index contributed by atoms with van der Waals surface area (Å²) in [5, 5.41) is 9.74. The molecule has 6 heteroatoms. The normalized spacial score (nSPS) is 12.0. The molecule has 1 heterocycles. The Morgan fingerprint density at radius 1 is 1.41 bits per heavy atom. The van der Waals surface area contributed by atoms with Crippen LogP contribution in [0.4, 0.5) is 5.82 Å². The molecule has 0 saturated heterocycles. The third kappa shape index (κ3) is 4.08. The van der Waals surface area contributed by atoms with Gasteiger partial charge in [0.05, 0.1) is 13.2 Å². The van der Waals surface area contributed by atoms with Crippen LogP contribution in [-0.2, 0) is 11.3 Å². The molecule has 0 aliphatic rings. The van der Waals surface area contributed by atoms with Crippen LogP contribution in [0.1, 0.15) is 24.7 Å². The van der Waals surface area contributed by atoms with Crippen molar-refractivity contribution in [3.8, 4) is 5.75 Å². The molecule has 118 valence electrons. The maximum Gasteiger partial charge on any atom is 0.242 e. The van der Waals surface area contributed by atoms with Crippen LogP contribution >= 0.6 is 0 Å². The van der Waals surface area contributed by atoms with E-state index >= 15 is 0 Å². The van der Waals surface area contributed by atoms with Crippen molar-refractivity contribution in [2.24, 2.45) is 0 Å². The number of aryl methyl sites for hydroxylation is 1. The van der Waals surface area contributed by atoms with Gasteiger partial charge in [-0.25, -0.2) is 0 Å². The molecule has 0 spiro atoms. The second kappa shape index (κ2) is 7.61. The number of aromatic nitrogens is 1. The molecular formula is C16H21N3O3. The molecule has 0 aliphatic carbocycles. The standard InChI is InChI=1S/C16H21N3O3/c1-4-13(16(20)18-15-9-11(2)22-19-15)17-10-12-7-5-6-8-14(12)21-3/h5-9,13,17H,4,10H2,1-3H3,(H,18,19,20)/t13-/m0/s1. The number of para-hydroxylation sites is 1. The SMILES string of the molecule is CC[C@H](NCc1ccccc1OC)C(=O)Nc1cc(C)on1. The number of nitrogens with zero attached hydrogens (tertiary/aromatic N) is 1. The summed E-state index contributed by atoms with van der Waals surface area (Å²) in [5.74, 6) is 1.76. The van der Waals surface area contributed by atoms with Gasteiger partial charge in [0.2, 0.25) is 5.91 Å². The maximum atomic E-state index is 12.2. The summed E-state index contributed by atoms with van der Waals surface area (Å²) in [4.78, 5) is 12.2. The van der Waals surface area contributed by atoms with E-state index in [0.29, 0.717) is 24.5 Å². The molecule has 2 N–H and O–H groups in total. The van der Waals surface area contributed by atoms with Crippen molar-refractivity contribution in [3.05, 3.63) is 41.7 Å². The Kier molecular flexibility index (Phi) is 5.55. The number of ether oxygens (including phenoxy) is 1. The summed E-state index contributed by atoms with van der Waals surface area (Å²) in [7, 11) is 1.63. The number of benzene rings is 1. The van der Waals surface area contributed by atoms with Gasteiger partial charge in [0.1, 0.15) is 11.5 Å². The monoisotopic (exact) mass is 303 g/mol. The molecule has 2 aromatic rings. The second-order valence-corrected chi connectivity index (χ2v) is 4.97. The van der Waals surface area contributed by atoms with E-state index < -0.39 is 0 Å². The molecule has 0 bridgehead atoms. The number of carbonyl (C=O) groups excluding carboxylic acids is 1. The van der Waals surface area contributed by atoms with Crippen LogP contribution in [0.25, 0.3) is 0 Å². The summed E-state index contributed by atoms with van der Waals surface area (Å²) >= 11 is 0. The Bertz CT molecular complexity index is 625. The number of amides is 1. The fourth-order valence-corrected chi connectivity index (χ4v) is 2.14. The van der Waals surface area contributed by atoms with Gasteiger partial charge >= 0.3 is 0 Å². The lowest BCUT2D eigenvalue weighted by molar-refractivity contribution is -0.118. The van der Waals surface area contributed by atoms with Crippen molar-refractivity contribution >= 4 is 11.7 Å². The lowest BCUT2D eigenvalue weighted by atomic mass is 10.1. The highest BCUT2D eigenvalue weighted by atomic mass is 16.5. The lowest BCUT2D eigenvalue weighted by Gasteiger charge is -2.17. The molecule has 0 unspecified atom stereocenters. The first-order chi connectivity index (χ1) is 10.6. The first kappa shape index (κ1) is 16.0. The molecule has 0 radical (unpaired) electrons. The summed E-state index contributed by atoms with van der Waals surface area (Å²) in [6, 6.07) is 9.10. The number of carbonyl (C=O) groups is 1. The maximum absolute atomic E-state index is 12.2. The molecule has 0 aliphatic heterocycles. The number of hydrogen-bond donors (Lipinski definition) is 2. The van der Waals surface area contributed by atoms with E-state index in [1.165, 1.54) is 0 Å². The van der Waals surface area contributed by atoms with Crippen molar-refractivity contribution < 1.29 is 14.1 Å². The molecule has 1 aromatic carbocycles. The largest absolute Gasteiger partial charge is 0.496 e. The van der Waals surface area contributed by atoms with E-state index in [2.05, 4.69) is 15.8 Å². The smallest absolute Gasteiger partial charge is 0.242 e. The minimum absolute atomic E-state index is 0.134. The van der Waals surface area contributed by atoms with Crippen LogP contribution in [0, 0.1) is 6.92 Å². The average Bonchev–Trinajstić information content (AvgIpc) is 2.93. The highest BCUT2D eigenvalue weighted by Gasteiger charge is 2.17. The van der Waals surface area contributed by atoms with Gasteiger partial charge in [0.25, 0.3) is 0 Å². The number of hydrogen-bond acceptors (Lipinski definition) is 5. The molecule has 0 saturated carbocycles. The van der Waals surface area contributed by atoms with Gasteiger partial charge in [-0.2, -0.15) is 0 Å². The van der Waals surface area contributed by atoms with Crippen molar-refractivity contribution in [1.82, 2.24) is 10.5 Å². The van der Waals surface area contributed by atoms with Crippen molar-refractivity contribution in [2.75, 3.05) is 12.4 Å². The zero-order valence-electron chi connectivity index (χ0n) is 13.1. The number of rotatable bonds is 7. The predicted octanol–water partition coefficient (Wildman–Crippen LogP) is 2.50. The predicted molar refractivity (Wildman–Crippen MR) is 83.8 cm³/mol. The Hall–Kier alpha value is -2.34. The quantitative estimate of drug-likeness (QED) is 0.822. The van der Waals surface area contributed by atoms with Crippen molar-refractivity contribution in [2.45, 2.75) is 32.9 Å². The van der Waals surface area contributed by atoms with Crippen LogP contribution in [-0.4, -0.2) is 24.2 Å². The fourth-order valence-electron chi connectivity index (χ4n) is 2.14. The van der Waals surface area contributed by atoms with Crippen LogP contribution in [0.15, 0.2) is 34.9 Å². The summed E-state index contributed by atoms with van der Waals surface area (Å²) < 4.78 is 10.2. The minimum Gasteiger partial charge on any atom is -0.496 e. The molecule has 1 amide bonds. The zero-order chi connectivity index (χ0) is 15.9. The number of anilines is 1. The van der Waals surface area contributed by atoms with Gasteiger partial charge in [0.15, 0.2) is 5.82 Å². The highest BCUT2D eigenvalue weighted by molar-refractivity contribution is 5.93. The second-order valence-electron chi connectivity index (χ2n) is 4.97. The minimum atomic E-state index is -0.318. The molecule has 1 aromatic heterocycles. The summed E-state index contributed by atoms with van der Waals surface area (Å²) in [6.45, 7) is 4.28. The van der Waals surface area contributed by atoms with Crippen molar-refractivity contribution in [3.63, 3.8) is 0 Å². The summed E-state index contributed by atoms with van der Waals surface area (Å²) in [5.41, 5.74) is 1.01. The molecule has 2 rings (SSSR count). The third-order valence-corrected chi connectivity index (χ3v) is 3.34. The Morgan fingerprint density at radius 3 is 2.82 bits per heavy atom. The first-order valence-corrected chi connectivity index (χ1v) is 7.23. The first-order valence-electron chi connectivity index (χ1n) is 7.23. The van der Waals surface area contributed by atoms with Gasteiger partial charge in [0, 0.05) is 18.2 Å². The van der Waals surface area contributed by atoms with Crippen LogP contribution < -0.4 is 15.4 Å². The number of nitrogens with one attached hydrogen (secondary N) is 2. The van der Waals surface area contributed by atoms with Crippen molar-refractivity contribution in [1.29, 1.82) is 0 Å². The summed E-state index contributed by atoms with van der Waals surface area (Å²) in [6.07, 6.45) is 0.664. The van der Waals surface area contributed by atoms with Gasteiger partial charge in [-0.1, -0.05) is 30.3 Å². The van der Waals surface area contributed by atoms with E-state index in [4.69, 9.17) is 9.26 Å². The topological polar surface area (TPSA) is 76.4 Å². The van der Waals surface area contributed by atoms with Gasteiger partial charge in [-0.05, 0) is 19.4 Å². The highest BCUT2D eigenvalue weighted by Crippen LogP contribution is 2.17. The van der Waals surface area contributed by atoms with Crippen LogP contribution in [0.3, 0.4) is 0 Å². The zero-order valence-corrected chi connectivity index (χ0v) is 13.1. The molecule has 0 fully saturated rings. The molecule has 22 heavy (non-hydrogen) atoms. The van der Waals surface area contributed by atoms with Crippen LogP contribution in [0.5, 0.6) is 5.75 Å². The van der Waals surface area contributed by atoms with Gasteiger partial charge < -0.3 is 19.9 Å². The van der Waals surface area contributed by atoms with E-state index in [1.807, 2.05) is 31.2 Å². The van der Waals surface area contributed by atoms with Gasteiger partial charge in [-0.3, -0.25) is 4.79 Å².